The molecule has 0 saturated heterocycles. The third-order valence-corrected chi connectivity index (χ3v) is 3.24. The number of aromatic nitrogens is 1. The van der Waals surface area contributed by atoms with E-state index in [9.17, 15) is 4.79 Å². The van der Waals surface area contributed by atoms with E-state index in [-0.39, 0.29) is 5.92 Å². The summed E-state index contributed by atoms with van der Waals surface area (Å²) >= 11 is 0. The van der Waals surface area contributed by atoms with E-state index < -0.39 is 0 Å². The second kappa shape index (κ2) is 5.10. The van der Waals surface area contributed by atoms with Gasteiger partial charge in [0.2, 0.25) is 0 Å². The van der Waals surface area contributed by atoms with Crippen LogP contribution in [0.4, 0.5) is 5.82 Å². The van der Waals surface area contributed by atoms with Crippen molar-refractivity contribution in [3.05, 3.63) is 23.9 Å². The van der Waals surface area contributed by atoms with Crippen molar-refractivity contribution in [3.63, 3.8) is 0 Å². The fourth-order valence-electron chi connectivity index (χ4n) is 2.34. The lowest BCUT2D eigenvalue weighted by Crippen LogP contribution is -2.20. The molecule has 0 radical (unpaired) electrons. The Morgan fingerprint density at radius 1 is 1.31 bits per heavy atom. The van der Waals surface area contributed by atoms with E-state index in [1.165, 1.54) is 19.3 Å². The minimum Gasteiger partial charge on any atom is -0.384 e. The molecule has 0 bridgehead atoms. The lowest BCUT2D eigenvalue weighted by atomic mass is 9.85. The van der Waals surface area contributed by atoms with Gasteiger partial charge in [0.15, 0.2) is 0 Å². The summed E-state index contributed by atoms with van der Waals surface area (Å²) in [5, 5.41) is 0. The smallest absolute Gasteiger partial charge is 0.141 e. The molecule has 16 heavy (non-hydrogen) atoms. The molecule has 1 aromatic heterocycles. The highest BCUT2D eigenvalue weighted by molar-refractivity contribution is 5.83. The molecule has 0 amide bonds. The standard InChI is InChI=1S/C13H18N2O/c14-13-8-4-7-11(15-13)9-12(16)10-5-2-1-3-6-10/h4,7-8,10H,1-3,5-6,9H2,(H2,14,15). The van der Waals surface area contributed by atoms with Crippen LogP contribution in [0.5, 0.6) is 0 Å². The van der Waals surface area contributed by atoms with E-state index in [2.05, 4.69) is 4.98 Å². The van der Waals surface area contributed by atoms with E-state index in [1.807, 2.05) is 12.1 Å². The predicted molar refractivity (Wildman–Crippen MR) is 63.9 cm³/mol. The Hall–Kier alpha value is -1.38. The number of Topliss-reactive ketones (excluding diaryl/α,β-unsaturated/α-hetero) is 1. The van der Waals surface area contributed by atoms with Gasteiger partial charge in [0.1, 0.15) is 11.6 Å². The summed E-state index contributed by atoms with van der Waals surface area (Å²) < 4.78 is 0. The summed E-state index contributed by atoms with van der Waals surface area (Å²) in [5.74, 6) is 1.09. The van der Waals surface area contributed by atoms with Crippen molar-refractivity contribution >= 4 is 11.6 Å². The molecule has 1 heterocycles. The van der Waals surface area contributed by atoms with Crippen LogP contribution < -0.4 is 5.73 Å². The Morgan fingerprint density at radius 2 is 2.06 bits per heavy atom. The molecule has 1 saturated carbocycles. The molecule has 1 aromatic rings. The number of hydrogen-bond donors (Lipinski definition) is 1. The van der Waals surface area contributed by atoms with E-state index in [4.69, 9.17) is 5.73 Å². The summed E-state index contributed by atoms with van der Waals surface area (Å²) in [4.78, 5) is 16.2. The lowest BCUT2D eigenvalue weighted by Gasteiger charge is -2.19. The van der Waals surface area contributed by atoms with Crippen LogP contribution in [0.3, 0.4) is 0 Å². The first-order chi connectivity index (χ1) is 7.75. The number of nitrogens with two attached hydrogens (primary N) is 1. The van der Waals surface area contributed by atoms with Crippen LogP contribution in [-0.2, 0) is 11.2 Å². The van der Waals surface area contributed by atoms with Crippen LogP contribution in [0, 0.1) is 5.92 Å². The van der Waals surface area contributed by atoms with E-state index in [0.717, 1.165) is 18.5 Å². The molecular weight excluding hydrogens is 200 g/mol. The Morgan fingerprint density at radius 3 is 2.75 bits per heavy atom. The molecule has 1 aliphatic carbocycles. The molecule has 0 unspecified atom stereocenters. The zero-order valence-corrected chi connectivity index (χ0v) is 9.48. The van der Waals surface area contributed by atoms with Gasteiger partial charge in [-0.25, -0.2) is 4.98 Å². The first-order valence-corrected chi connectivity index (χ1v) is 6.00. The van der Waals surface area contributed by atoms with Crippen LogP contribution >= 0.6 is 0 Å². The first-order valence-electron chi connectivity index (χ1n) is 6.00. The number of pyridine rings is 1. The van der Waals surface area contributed by atoms with Gasteiger partial charge in [-0.1, -0.05) is 25.3 Å². The van der Waals surface area contributed by atoms with Crippen molar-refractivity contribution in [2.24, 2.45) is 5.92 Å². The summed E-state index contributed by atoms with van der Waals surface area (Å²) in [6.45, 7) is 0. The van der Waals surface area contributed by atoms with Gasteiger partial charge >= 0.3 is 0 Å². The van der Waals surface area contributed by atoms with Gasteiger partial charge in [-0.05, 0) is 25.0 Å². The van der Waals surface area contributed by atoms with Crippen molar-refractivity contribution in [1.29, 1.82) is 0 Å². The molecule has 0 spiro atoms. The minimum absolute atomic E-state index is 0.261. The molecule has 1 fully saturated rings. The molecular formula is C13H18N2O. The number of carbonyl (C=O) groups is 1. The number of anilines is 1. The molecule has 2 rings (SSSR count). The lowest BCUT2D eigenvalue weighted by molar-refractivity contribution is -0.123. The zero-order chi connectivity index (χ0) is 11.4. The van der Waals surface area contributed by atoms with Crippen molar-refractivity contribution in [2.45, 2.75) is 38.5 Å². The molecule has 3 heteroatoms. The quantitative estimate of drug-likeness (QED) is 0.847. The van der Waals surface area contributed by atoms with E-state index in [0.29, 0.717) is 18.0 Å². The highest BCUT2D eigenvalue weighted by Crippen LogP contribution is 2.25. The number of nitrogens with zero attached hydrogens (tertiary/aromatic N) is 1. The molecule has 86 valence electrons. The summed E-state index contributed by atoms with van der Waals surface area (Å²) in [7, 11) is 0. The fourth-order valence-corrected chi connectivity index (χ4v) is 2.34. The summed E-state index contributed by atoms with van der Waals surface area (Å²) in [6, 6.07) is 5.47. The van der Waals surface area contributed by atoms with Crippen LogP contribution in [0.15, 0.2) is 18.2 Å². The van der Waals surface area contributed by atoms with Crippen molar-refractivity contribution < 1.29 is 4.79 Å². The van der Waals surface area contributed by atoms with Gasteiger partial charge in [0.05, 0.1) is 5.69 Å². The number of ketones is 1. The second-order valence-corrected chi connectivity index (χ2v) is 4.53. The Balaban J connectivity index is 1.96. The third kappa shape index (κ3) is 2.81. The van der Waals surface area contributed by atoms with Crippen LogP contribution in [0.25, 0.3) is 0 Å². The number of hydrogen-bond acceptors (Lipinski definition) is 3. The van der Waals surface area contributed by atoms with E-state index >= 15 is 0 Å². The molecule has 0 aliphatic heterocycles. The largest absolute Gasteiger partial charge is 0.384 e. The van der Waals surface area contributed by atoms with E-state index in [1.54, 1.807) is 6.07 Å². The minimum atomic E-state index is 0.261. The van der Waals surface area contributed by atoms with Gasteiger partial charge in [-0.15, -0.1) is 0 Å². The second-order valence-electron chi connectivity index (χ2n) is 4.53. The van der Waals surface area contributed by atoms with Gasteiger partial charge in [-0.2, -0.15) is 0 Å². The monoisotopic (exact) mass is 218 g/mol. The van der Waals surface area contributed by atoms with Gasteiger partial charge < -0.3 is 5.73 Å². The van der Waals surface area contributed by atoms with Crippen molar-refractivity contribution in [3.8, 4) is 0 Å². The number of nitrogen functional groups attached to an aromatic ring is 1. The van der Waals surface area contributed by atoms with Gasteiger partial charge in [0.25, 0.3) is 0 Å². The molecule has 3 nitrogen and oxygen atoms in total. The molecule has 2 N–H and O–H groups in total. The maximum atomic E-state index is 12.0. The maximum Gasteiger partial charge on any atom is 0.141 e. The summed E-state index contributed by atoms with van der Waals surface area (Å²) in [5.41, 5.74) is 6.39. The Labute approximate surface area is 96.1 Å². The normalized spacial score (nSPS) is 17.2. The molecule has 0 atom stereocenters. The Bertz CT molecular complexity index is 370. The maximum absolute atomic E-state index is 12.0. The highest BCUT2D eigenvalue weighted by Gasteiger charge is 2.21. The zero-order valence-electron chi connectivity index (χ0n) is 9.48. The average Bonchev–Trinajstić information content (AvgIpc) is 2.30. The Kier molecular flexibility index (Phi) is 3.54. The van der Waals surface area contributed by atoms with Crippen LogP contribution in [0.2, 0.25) is 0 Å². The fraction of sp³-hybridized carbons (Fsp3) is 0.538. The molecule has 0 aromatic carbocycles. The van der Waals surface area contributed by atoms with Crippen LogP contribution in [-0.4, -0.2) is 10.8 Å². The number of rotatable bonds is 3. The first kappa shape index (κ1) is 11.1. The van der Waals surface area contributed by atoms with Gasteiger partial charge in [-0.3, -0.25) is 4.79 Å². The third-order valence-electron chi connectivity index (χ3n) is 3.24. The van der Waals surface area contributed by atoms with Gasteiger partial charge in [0, 0.05) is 12.3 Å². The van der Waals surface area contributed by atoms with Crippen molar-refractivity contribution in [2.75, 3.05) is 5.73 Å². The highest BCUT2D eigenvalue weighted by atomic mass is 16.1. The topological polar surface area (TPSA) is 56.0 Å². The predicted octanol–water partition coefficient (Wildman–Crippen LogP) is 2.36. The number of carbonyl (C=O) groups excluding carboxylic acids is 1. The van der Waals surface area contributed by atoms with Crippen molar-refractivity contribution in [1.82, 2.24) is 4.98 Å². The average molecular weight is 218 g/mol. The molecule has 1 aliphatic rings. The van der Waals surface area contributed by atoms with Crippen LogP contribution in [0.1, 0.15) is 37.8 Å². The SMILES string of the molecule is Nc1cccc(CC(=O)C2CCCCC2)n1. The summed E-state index contributed by atoms with van der Waals surface area (Å²) in [6.07, 6.45) is 6.22.